The molecule has 0 radical (unpaired) electrons. The first kappa shape index (κ1) is 10.4. The van der Waals surface area contributed by atoms with E-state index in [-0.39, 0.29) is 0 Å². The van der Waals surface area contributed by atoms with E-state index in [2.05, 4.69) is 38.5 Å². The Morgan fingerprint density at radius 1 is 1.42 bits per heavy atom. The quantitative estimate of drug-likeness (QED) is 0.565. The van der Waals surface area contributed by atoms with Crippen molar-refractivity contribution in [2.75, 3.05) is 5.33 Å². The normalized spacial score (nSPS) is 15.7. The molecule has 3 heteroatoms. The van der Waals surface area contributed by atoms with Crippen LogP contribution < -0.4 is 0 Å². The molecule has 1 atom stereocenters. The highest BCUT2D eigenvalue weighted by Gasteiger charge is 2.23. The van der Waals surface area contributed by atoms with Gasteiger partial charge in [0.1, 0.15) is 5.67 Å². The summed E-state index contributed by atoms with van der Waals surface area (Å²) >= 11 is 5.35. The number of alkyl halides is 2. The Morgan fingerprint density at radius 2 is 1.92 bits per heavy atom. The third-order valence-corrected chi connectivity index (χ3v) is 3.47. The Morgan fingerprint density at radius 3 is 2.33 bits per heavy atom. The third kappa shape index (κ3) is 2.42. The molecule has 0 aliphatic heterocycles. The second-order valence-corrected chi connectivity index (χ2v) is 4.64. The molecule has 0 aliphatic carbocycles. The van der Waals surface area contributed by atoms with Crippen molar-refractivity contribution in [2.24, 2.45) is 0 Å². The Balaban J connectivity index is 2.96. The molecule has 1 rings (SSSR count). The van der Waals surface area contributed by atoms with Crippen molar-refractivity contribution in [1.82, 2.24) is 0 Å². The van der Waals surface area contributed by atoms with Crippen LogP contribution in [0.3, 0.4) is 0 Å². The topological polar surface area (TPSA) is 0 Å². The molecule has 1 aromatic carbocycles. The van der Waals surface area contributed by atoms with Crippen molar-refractivity contribution in [3.8, 4) is 0 Å². The summed E-state index contributed by atoms with van der Waals surface area (Å²) in [6.45, 7) is 1.57. The van der Waals surface area contributed by atoms with Crippen LogP contribution in [0.25, 0.3) is 0 Å². The predicted octanol–water partition coefficient (Wildman–Crippen LogP) is 3.87. The summed E-state index contributed by atoms with van der Waals surface area (Å²) < 4.78 is 14.8. The van der Waals surface area contributed by atoms with Crippen LogP contribution in [0, 0.1) is 3.57 Å². The molecule has 0 unspecified atom stereocenters. The number of halogens is 3. The highest BCUT2D eigenvalue weighted by molar-refractivity contribution is 14.1. The number of rotatable bonds is 2. The van der Waals surface area contributed by atoms with E-state index in [1.807, 2.05) is 24.3 Å². The van der Waals surface area contributed by atoms with Gasteiger partial charge in [-0.2, -0.15) is 0 Å². The first-order valence-electron chi connectivity index (χ1n) is 3.57. The molecule has 0 aromatic heterocycles. The van der Waals surface area contributed by atoms with E-state index >= 15 is 0 Å². The first-order valence-corrected chi connectivity index (χ1v) is 5.77. The second kappa shape index (κ2) is 4.05. The molecule has 66 valence electrons. The maximum atomic E-state index is 13.6. The molecule has 0 amide bonds. The van der Waals surface area contributed by atoms with Gasteiger partial charge in [-0.1, -0.05) is 28.1 Å². The maximum absolute atomic E-state index is 13.6. The van der Waals surface area contributed by atoms with Gasteiger partial charge in [-0.25, -0.2) is 4.39 Å². The van der Waals surface area contributed by atoms with Gasteiger partial charge >= 0.3 is 0 Å². The Bertz CT molecular complexity index is 256. The zero-order valence-electron chi connectivity index (χ0n) is 6.65. The standard InChI is InChI=1S/C9H9BrFI/c1-9(11,6-10)7-2-4-8(12)5-3-7/h2-5H,6H2,1H3/t9-/m1/s1. The zero-order valence-corrected chi connectivity index (χ0v) is 10.4. The van der Waals surface area contributed by atoms with Gasteiger partial charge in [0, 0.05) is 8.90 Å². The molecular formula is C9H9BrFI. The highest BCUT2D eigenvalue weighted by Crippen LogP contribution is 2.27. The SMILES string of the molecule is C[C@@](F)(CBr)c1ccc(I)cc1. The Hall–Kier alpha value is 0.360. The van der Waals surface area contributed by atoms with Crippen molar-refractivity contribution in [2.45, 2.75) is 12.6 Å². The molecule has 12 heavy (non-hydrogen) atoms. The van der Waals surface area contributed by atoms with E-state index in [1.165, 1.54) is 0 Å². The fourth-order valence-electron chi connectivity index (χ4n) is 0.875. The summed E-state index contributed by atoms with van der Waals surface area (Å²) in [6.07, 6.45) is 0. The lowest BCUT2D eigenvalue weighted by Crippen LogP contribution is -2.16. The van der Waals surface area contributed by atoms with Crippen LogP contribution >= 0.6 is 38.5 Å². The number of hydrogen-bond acceptors (Lipinski definition) is 0. The van der Waals surface area contributed by atoms with Gasteiger partial charge < -0.3 is 0 Å². The minimum Gasteiger partial charge on any atom is -0.238 e. The van der Waals surface area contributed by atoms with Crippen LogP contribution in [0.5, 0.6) is 0 Å². The van der Waals surface area contributed by atoms with E-state index in [0.717, 1.165) is 9.13 Å². The molecule has 1 aromatic rings. The fourth-order valence-corrected chi connectivity index (χ4v) is 1.56. The molecule has 0 N–H and O–H groups in total. The van der Waals surface area contributed by atoms with Crippen molar-refractivity contribution in [1.29, 1.82) is 0 Å². The van der Waals surface area contributed by atoms with Gasteiger partial charge in [-0.3, -0.25) is 0 Å². The molecule has 0 heterocycles. The minimum absolute atomic E-state index is 0.334. The van der Waals surface area contributed by atoms with Crippen LogP contribution in [0.15, 0.2) is 24.3 Å². The lowest BCUT2D eigenvalue weighted by Gasteiger charge is -2.17. The smallest absolute Gasteiger partial charge is 0.142 e. The van der Waals surface area contributed by atoms with Crippen molar-refractivity contribution in [3.63, 3.8) is 0 Å². The van der Waals surface area contributed by atoms with E-state index < -0.39 is 5.67 Å². The molecular weight excluding hydrogens is 334 g/mol. The van der Waals surface area contributed by atoms with Gasteiger partial charge in [0.2, 0.25) is 0 Å². The van der Waals surface area contributed by atoms with E-state index in [9.17, 15) is 4.39 Å². The van der Waals surface area contributed by atoms with Crippen molar-refractivity contribution >= 4 is 38.5 Å². The largest absolute Gasteiger partial charge is 0.238 e. The zero-order chi connectivity index (χ0) is 9.19. The summed E-state index contributed by atoms with van der Waals surface area (Å²) in [7, 11) is 0. The van der Waals surface area contributed by atoms with Crippen LogP contribution in [-0.2, 0) is 5.67 Å². The molecule has 0 aliphatic rings. The van der Waals surface area contributed by atoms with Crippen molar-refractivity contribution < 1.29 is 4.39 Å². The Labute approximate surface area is 93.8 Å². The van der Waals surface area contributed by atoms with E-state index in [1.54, 1.807) is 6.92 Å². The summed E-state index contributed by atoms with van der Waals surface area (Å²) in [5.41, 5.74) is -0.538. The van der Waals surface area contributed by atoms with Gasteiger partial charge in [0.05, 0.1) is 0 Å². The highest BCUT2D eigenvalue weighted by atomic mass is 127. The summed E-state index contributed by atoms with van der Waals surface area (Å²) in [5, 5.41) is 0.334. The van der Waals surface area contributed by atoms with Gasteiger partial charge in [0.15, 0.2) is 0 Å². The van der Waals surface area contributed by atoms with Gasteiger partial charge in [0.25, 0.3) is 0 Å². The molecule has 0 fully saturated rings. The molecule has 0 bridgehead atoms. The monoisotopic (exact) mass is 342 g/mol. The summed E-state index contributed by atoms with van der Waals surface area (Å²) in [6, 6.07) is 7.47. The molecule has 0 saturated carbocycles. The number of benzene rings is 1. The third-order valence-electron chi connectivity index (χ3n) is 1.70. The molecule has 0 nitrogen and oxygen atoms in total. The minimum atomic E-state index is -1.26. The average molecular weight is 343 g/mol. The molecule has 0 spiro atoms. The van der Waals surface area contributed by atoms with Crippen LogP contribution in [0.1, 0.15) is 12.5 Å². The summed E-state index contributed by atoms with van der Waals surface area (Å²) in [5.74, 6) is 0. The van der Waals surface area contributed by atoms with Crippen LogP contribution in [0.2, 0.25) is 0 Å². The summed E-state index contributed by atoms with van der Waals surface area (Å²) in [4.78, 5) is 0. The predicted molar refractivity (Wildman–Crippen MR) is 61.4 cm³/mol. The number of hydrogen-bond donors (Lipinski definition) is 0. The maximum Gasteiger partial charge on any atom is 0.142 e. The van der Waals surface area contributed by atoms with E-state index in [4.69, 9.17) is 0 Å². The lowest BCUT2D eigenvalue weighted by molar-refractivity contribution is 0.230. The first-order chi connectivity index (χ1) is 5.56. The second-order valence-electron chi connectivity index (χ2n) is 2.84. The van der Waals surface area contributed by atoms with Crippen LogP contribution in [0.4, 0.5) is 4.39 Å². The molecule has 0 saturated heterocycles. The van der Waals surface area contributed by atoms with Gasteiger partial charge in [-0.05, 0) is 47.2 Å². The fraction of sp³-hybridized carbons (Fsp3) is 0.333. The Kier molecular flexibility index (Phi) is 3.52. The van der Waals surface area contributed by atoms with Gasteiger partial charge in [-0.15, -0.1) is 0 Å². The van der Waals surface area contributed by atoms with Crippen LogP contribution in [-0.4, -0.2) is 5.33 Å². The van der Waals surface area contributed by atoms with Crippen molar-refractivity contribution in [3.05, 3.63) is 33.4 Å². The lowest BCUT2D eigenvalue weighted by atomic mass is 10.0. The average Bonchev–Trinajstić information content (AvgIpc) is 2.05. The van der Waals surface area contributed by atoms with E-state index in [0.29, 0.717) is 5.33 Å².